The summed E-state index contributed by atoms with van der Waals surface area (Å²) in [4.78, 5) is 8.89. The average Bonchev–Trinajstić information content (AvgIpc) is 2.68. The third kappa shape index (κ3) is 5.17. The zero-order valence-electron chi connectivity index (χ0n) is 15.5. The van der Waals surface area contributed by atoms with E-state index in [1.54, 1.807) is 19.2 Å². The lowest BCUT2D eigenvalue weighted by Crippen LogP contribution is -2.11. The molecule has 1 aromatic heterocycles. The third-order valence-electron chi connectivity index (χ3n) is 4.14. The van der Waals surface area contributed by atoms with Crippen molar-refractivity contribution >= 4 is 11.8 Å². The highest BCUT2D eigenvalue weighted by molar-refractivity contribution is 5.44. The van der Waals surface area contributed by atoms with E-state index in [4.69, 9.17) is 4.74 Å². The molecule has 0 fully saturated rings. The van der Waals surface area contributed by atoms with Crippen LogP contribution in [0, 0.1) is 12.7 Å². The van der Waals surface area contributed by atoms with Crippen molar-refractivity contribution in [1.82, 2.24) is 9.97 Å². The normalized spacial score (nSPS) is 10.5. The Balaban J connectivity index is 1.61. The lowest BCUT2D eigenvalue weighted by molar-refractivity contribution is 0.410. The predicted molar refractivity (Wildman–Crippen MR) is 106 cm³/mol. The van der Waals surface area contributed by atoms with Crippen LogP contribution in [0.25, 0.3) is 0 Å². The van der Waals surface area contributed by atoms with Gasteiger partial charge in [0, 0.05) is 30.4 Å². The molecule has 2 aromatic carbocycles. The molecule has 0 bridgehead atoms. The largest absolute Gasteiger partial charge is 0.496 e. The second-order valence-corrected chi connectivity index (χ2v) is 6.15. The molecule has 6 heteroatoms. The maximum absolute atomic E-state index is 13.7. The van der Waals surface area contributed by atoms with Gasteiger partial charge in [-0.1, -0.05) is 36.4 Å². The summed E-state index contributed by atoms with van der Waals surface area (Å²) in [6.45, 7) is 3.06. The van der Waals surface area contributed by atoms with Crippen LogP contribution in [-0.2, 0) is 13.0 Å². The number of ether oxygens (including phenoxy) is 1. The molecular weight excluding hydrogens is 343 g/mol. The first-order valence-corrected chi connectivity index (χ1v) is 8.84. The molecule has 5 nitrogen and oxygen atoms in total. The maximum Gasteiger partial charge on any atom is 0.224 e. The van der Waals surface area contributed by atoms with Gasteiger partial charge in [-0.2, -0.15) is 4.98 Å². The van der Waals surface area contributed by atoms with Crippen LogP contribution in [0.1, 0.15) is 16.8 Å². The Morgan fingerprint density at radius 3 is 2.48 bits per heavy atom. The van der Waals surface area contributed by atoms with Crippen LogP contribution in [0.5, 0.6) is 5.75 Å². The molecule has 0 spiro atoms. The van der Waals surface area contributed by atoms with E-state index in [9.17, 15) is 4.39 Å². The molecule has 0 unspecified atom stereocenters. The van der Waals surface area contributed by atoms with Crippen LogP contribution in [0.3, 0.4) is 0 Å². The van der Waals surface area contributed by atoms with Crippen molar-refractivity contribution < 1.29 is 9.13 Å². The minimum atomic E-state index is -0.191. The van der Waals surface area contributed by atoms with Gasteiger partial charge in [-0.3, -0.25) is 0 Å². The van der Waals surface area contributed by atoms with Crippen molar-refractivity contribution in [2.75, 3.05) is 24.3 Å². The minimum absolute atomic E-state index is 0.191. The van der Waals surface area contributed by atoms with Gasteiger partial charge >= 0.3 is 0 Å². The van der Waals surface area contributed by atoms with Gasteiger partial charge in [0.2, 0.25) is 5.95 Å². The van der Waals surface area contributed by atoms with E-state index in [0.717, 1.165) is 22.8 Å². The third-order valence-corrected chi connectivity index (χ3v) is 4.14. The molecule has 0 saturated heterocycles. The molecule has 0 radical (unpaired) electrons. The summed E-state index contributed by atoms with van der Waals surface area (Å²) in [7, 11) is 1.66. The summed E-state index contributed by atoms with van der Waals surface area (Å²) in [5.41, 5.74) is 2.57. The molecule has 1 heterocycles. The second kappa shape index (κ2) is 8.98. The van der Waals surface area contributed by atoms with Crippen LogP contribution in [0.15, 0.2) is 54.6 Å². The molecule has 0 aliphatic heterocycles. The zero-order chi connectivity index (χ0) is 19.1. The first kappa shape index (κ1) is 18.6. The number of nitrogens with one attached hydrogen (secondary N) is 2. The number of halogens is 1. The van der Waals surface area contributed by atoms with Crippen LogP contribution in [0.2, 0.25) is 0 Å². The molecule has 0 atom stereocenters. The van der Waals surface area contributed by atoms with Gasteiger partial charge in [-0.25, -0.2) is 9.37 Å². The summed E-state index contributed by atoms with van der Waals surface area (Å²) >= 11 is 0. The first-order valence-electron chi connectivity index (χ1n) is 8.84. The van der Waals surface area contributed by atoms with Crippen molar-refractivity contribution in [3.05, 3.63) is 77.2 Å². The Labute approximate surface area is 158 Å². The molecule has 0 saturated carbocycles. The summed E-state index contributed by atoms with van der Waals surface area (Å²) in [5, 5.41) is 6.47. The summed E-state index contributed by atoms with van der Waals surface area (Å²) in [6, 6.07) is 16.5. The molecule has 2 N–H and O–H groups in total. The molecular formula is C21H23FN4O. The topological polar surface area (TPSA) is 59.1 Å². The van der Waals surface area contributed by atoms with E-state index < -0.39 is 0 Å². The average molecular weight is 366 g/mol. The van der Waals surface area contributed by atoms with Gasteiger partial charge in [0.15, 0.2) is 0 Å². The van der Waals surface area contributed by atoms with E-state index in [-0.39, 0.29) is 5.82 Å². The number of hydrogen-bond acceptors (Lipinski definition) is 5. The number of hydrogen-bond donors (Lipinski definition) is 2. The summed E-state index contributed by atoms with van der Waals surface area (Å²) in [5.74, 6) is 1.89. The fraction of sp³-hybridized carbons (Fsp3) is 0.238. The van der Waals surface area contributed by atoms with E-state index in [1.807, 2.05) is 43.3 Å². The molecule has 0 aliphatic rings. The SMILES string of the molecule is COc1ccccc1CNc1cc(C)nc(NCCc2ccccc2F)n1. The number of nitrogens with zero attached hydrogens (tertiary/aromatic N) is 2. The lowest BCUT2D eigenvalue weighted by Gasteiger charge is -2.12. The Morgan fingerprint density at radius 2 is 1.70 bits per heavy atom. The van der Waals surface area contributed by atoms with Gasteiger partial charge < -0.3 is 15.4 Å². The Bertz CT molecular complexity index is 901. The van der Waals surface area contributed by atoms with Gasteiger partial charge in [-0.15, -0.1) is 0 Å². The number of benzene rings is 2. The van der Waals surface area contributed by atoms with E-state index in [1.165, 1.54) is 6.07 Å². The van der Waals surface area contributed by atoms with Crippen LogP contribution in [0.4, 0.5) is 16.2 Å². The highest BCUT2D eigenvalue weighted by atomic mass is 19.1. The molecule has 27 heavy (non-hydrogen) atoms. The zero-order valence-corrected chi connectivity index (χ0v) is 15.5. The van der Waals surface area contributed by atoms with Gasteiger partial charge in [-0.05, 0) is 31.0 Å². The number of rotatable bonds is 8. The fourth-order valence-corrected chi connectivity index (χ4v) is 2.78. The van der Waals surface area contributed by atoms with Crippen LogP contribution >= 0.6 is 0 Å². The van der Waals surface area contributed by atoms with Crippen molar-refractivity contribution in [2.45, 2.75) is 19.9 Å². The lowest BCUT2D eigenvalue weighted by atomic mass is 10.1. The van der Waals surface area contributed by atoms with Gasteiger partial charge in [0.25, 0.3) is 0 Å². The number of aryl methyl sites for hydroxylation is 1. The van der Waals surface area contributed by atoms with Gasteiger partial charge in [0.1, 0.15) is 17.4 Å². The van der Waals surface area contributed by atoms with Crippen molar-refractivity contribution in [1.29, 1.82) is 0 Å². The maximum atomic E-state index is 13.7. The molecule has 3 aromatic rings. The molecule has 0 amide bonds. The Kier molecular flexibility index (Phi) is 6.20. The second-order valence-electron chi connectivity index (χ2n) is 6.15. The van der Waals surface area contributed by atoms with Crippen molar-refractivity contribution in [3.63, 3.8) is 0 Å². The Hall–Kier alpha value is -3.15. The molecule has 3 rings (SSSR count). The van der Waals surface area contributed by atoms with Crippen LogP contribution < -0.4 is 15.4 Å². The van der Waals surface area contributed by atoms with Gasteiger partial charge in [0.05, 0.1) is 7.11 Å². The fourth-order valence-electron chi connectivity index (χ4n) is 2.78. The molecule has 140 valence electrons. The number of anilines is 2. The predicted octanol–water partition coefficient (Wildman–Crippen LogP) is 4.20. The highest BCUT2D eigenvalue weighted by Crippen LogP contribution is 2.19. The molecule has 0 aliphatic carbocycles. The summed E-state index contributed by atoms with van der Waals surface area (Å²) < 4.78 is 19.1. The smallest absolute Gasteiger partial charge is 0.224 e. The number of para-hydroxylation sites is 1. The standard InChI is InChI=1S/C21H23FN4O/c1-15-13-20(24-14-17-8-4-6-10-19(17)27-2)26-21(25-15)23-12-11-16-7-3-5-9-18(16)22/h3-10,13H,11-12,14H2,1-2H3,(H2,23,24,25,26). The van der Waals surface area contributed by atoms with Crippen LogP contribution in [-0.4, -0.2) is 23.6 Å². The summed E-state index contributed by atoms with van der Waals surface area (Å²) in [6.07, 6.45) is 0.563. The highest BCUT2D eigenvalue weighted by Gasteiger charge is 2.06. The number of methoxy groups -OCH3 is 1. The van der Waals surface area contributed by atoms with Crippen molar-refractivity contribution in [3.8, 4) is 5.75 Å². The minimum Gasteiger partial charge on any atom is -0.496 e. The van der Waals surface area contributed by atoms with E-state index >= 15 is 0 Å². The Morgan fingerprint density at radius 1 is 0.963 bits per heavy atom. The van der Waals surface area contributed by atoms with E-state index in [2.05, 4.69) is 20.6 Å². The quantitative estimate of drug-likeness (QED) is 0.626. The first-order chi connectivity index (χ1) is 13.2. The monoisotopic (exact) mass is 366 g/mol. The van der Waals surface area contributed by atoms with Crippen molar-refractivity contribution in [2.24, 2.45) is 0 Å². The van der Waals surface area contributed by atoms with E-state index in [0.29, 0.717) is 31.0 Å². The number of aromatic nitrogens is 2.